The van der Waals surface area contributed by atoms with Gasteiger partial charge in [-0.05, 0) is 33.3 Å². The molecule has 0 saturated carbocycles. The van der Waals surface area contributed by atoms with Crippen LogP contribution in [0.1, 0.15) is 51.8 Å². The number of nitrogens with one attached hydrogen (secondary N) is 1. The highest BCUT2D eigenvalue weighted by Crippen LogP contribution is 2.31. The minimum Gasteiger partial charge on any atom is -0.444 e. The fourth-order valence-electron chi connectivity index (χ4n) is 2.04. The van der Waals surface area contributed by atoms with E-state index < -0.39 is 11.7 Å². The van der Waals surface area contributed by atoms with Gasteiger partial charge < -0.3 is 15.8 Å². The van der Waals surface area contributed by atoms with Crippen molar-refractivity contribution in [2.24, 2.45) is 11.1 Å². The van der Waals surface area contributed by atoms with Crippen LogP contribution in [-0.2, 0) is 4.74 Å². The van der Waals surface area contributed by atoms with Crippen molar-refractivity contribution in [3.63, 3.8) is 0 Å². The molecule has 21 heavy (non-hydrogen) atoms. The molecule has 0 aliphatic heterocycles. The van der Waals surface area contributed by atoms with Gasteiger partial charge >= 0.3 is 6.09 Å². The van der Waals surface area contributed by atoms with Crippen LogP contribution in [-0.4, -0.2) is 18.2 Å². The molecule has 0 aromatic heterocycles. The maximum absolute atomic E-state index is 11.7. The number of carbonyl (C=O) groups is 1. The van der Waals surface area contributed by atoms with Crippen molar-refractivity contribution in [3.8, 4) is 0 Å². The summed E-state index contributed by atoms with van der Waals surface area (Å²) in [4.78, 5) is 11.7. The number of rotatable bonds is 4. The Morgan fingerprint density at radius 2 is 1.90 bits per heavy atom. The third-order valence-corrected chi connectivity index (χ3v) is 3.33. The first-order chi connectivity index (χ1) is 9.51. The predicted molar refractivity (Wildman–Crippen MR) is 86.1 cm³/mol. The SMILES string of the molecule is Cc1cccc(C(N)C(C)(C)CNC(=O)OC(C)(C)C)c1. The van der Waals surface area contributed by atoms with Crippen LogP contribution in [0.3, 0.4) is 0 Å². The number of benzene rings is 1. The van der Waals surface area contributed by atoms with Gasteiger partial charge in [-0.25, -0.2) is 4.79 Å². The van der Waals surface area contributed by atoms with Crippen LogP contribution in [0.4, 0.5) is 4.79 Å². The van der Waals surface area contributed by atoms with Gasteiger partial charge in [0.05, 0.1) is 0 Å². The van der Waals surface area contributed by atoms with Crippen molar-refractivity contribution < 1.29 is 9.53 Å². The Bertz CT molecular complexity index is 490. The van der Waals surface area contributed by atoms with Crippen LogP contribution in [0.2, 0.25) is 0 Å². The number of amides is 1. The van der Waals surface area contributed by atoms with Gasteiger partial charge in [-0.1, -0.05) is 43.7 Å². The van der Waals surface area contributed by atoms with Gasteiger partial charge in [0.15, 0.2) is 0 Å². The first-order valence-corrected chi connectivity index (χ1v) is 7.30. The molecule has 118 valence electrons. The van der Waals surface area contributed by atoms with Crippen LogP contribution in [0.25, 0.3) is 0 Å². The lowest BCUT2D eigenvalue weighted by Gasteiger charge is -2.32. The second kappa shape index (κ2) is 6.48. The zero-order valence-corrected chi connectivity index (χ0v) is 14.0. The molecule has 0 spiro atoms. The minimum atomic E-state index is -0.493. The van der Waals surface area contributed by atoms with Crippen LogP contribution in [0, 0.1) is 12.3 Å². The Balaban J connectivity index is 2.66. The summed E-state index contributed by atoms with van der Waals surface area (Å²) in [6.45, 7) is 12.1. The highest BCUT2D eigenvalue weighted by Gasteiger charge is 2.29. The average molecular weight is 292 g/mol. The standard InChI is InChI=1S/C17H28N2O2/c1-12-8-7-9-13(10-12)14(18)17(5,6)11-19-15(20)21-16(2,3)4/h7-10,14H,11,18H2,1-6H3,(H,19,20). The van der Waals surface area contributed by atoms with E-state index >= 15 is 0 Å². The summed E-state index contributed by atoms with van der Waals surface area (Å²) < 4.78 is 5.25. The van der Waals surface area contributed by atoms with E-state index in [1.165, 1.54) is 5.56 Å². The quantitative estimate of drug-likeness (QED) is 0.892. The maximum Gasteiger partial charge on any atom is 0.407 e. The maximum atomic E-state index is 11.7. The molecule has 0 aliphatic carbocycles. The lowest BCUT2D eigenvalue weighted by molar-refractivity contribution is 0.0500. The molecule has 1 aromatic carbocycles. The van der Waals surface area contributed by atoms with Crippen molar-refractivity contribution in [1.82, 2.24) is 5.32 Å². The largest absolute Gasteiger partial charge is 0.444 e. The molecule has 1 rings (SSSR count). The van der Waals surface area contributed by atoms with Gasteiger partial charge in [-0.3, -0.25) is 0 Å². The summed E-state index contributed by atoms with van der Waals surface area (Å²) in [5.41, 5.74) is 7.85. The molecule has 3 N–H and O–H groups in total. The summed E-state index contributed by atoms with van der Waals surface area (Å²) in [5.74, 6) is 0. The van der Waals surface area contributed by atoms with Gasteiger partial charge in [0.1, 0.15) is 5.60 Å². The van der Waals surface area contributed by atoms with E-state index in [0.717, 1.165) is 5.56 Å². The average Bonchev–Trinajstić information content (AvgIpc) is 2.33. The summed E-state index contributed by atoms with van der Waals surface area (Å²) in [6.07, 6.45) is -0.410. The smallest absolute Gasteiger partial charge is 0.407 e. The molecule has 4 nitrogen and oxygen atoms in total. The summed E-state index contributed by atoms with van der Waals surface area (Å²) >= 11 is 0. The zero-order chi connectivity index (χ0) is 16.3. The van der Waals surface area contributed by atoms with Crippen molar-refractivity contribution in [2.75, 3.05) is 6.54 Å². The zero-order valence-electron chi connectivity index (χ0n) is 14.0. The molecule has 1 unspecified atom stereocenters. The van der Waals surface area contributed by atoms with E-state index in [0.29, 0.717) is 6.54 Å². The third-order valence-electron chi connectivity index (χ3n) is 3.33. The first-order valence-electron chi connectivity index (χ1n) is 7.30. The molecule has 0 heterocycles. The summed E-state index contributed by atoms with van der Waals surface area (Å²) in [7, 11) is 0. The monoisotopic (exact) mass is 292 g/mol. The van der Waals surface area contributed by atoms with Gasteiger partial charge in [0, 0.05) is 18.0 Å². The number of ether oxygens (including phenoxy) is 1. The molecular weight excluding hydrogens is 264 g/mol. The second-order valence-corrected chi connectivity index (χ2v) is 7.24. The van der Waals surface area contributed by atoms with E-state index in [1.54, 1.807) is 0 Å². The van der Waals surface area contributed by atoms with Crippen LogP contribution < -0.4 is 11.1 Å². The highest BCUT2D eigenvalue weighted by atomic mass is 16.6. The molecule has 1 atom stereocenters. The lowest BCUT2D eigenvalue weighted by atomic mass is 9.80. The number of aryl methyl sites for hydroxylation is 1. The van der Waals surface area contributed by atoms with Gasteiger partial charge in [-0.15, -0.1) is 0 Å². The van der Waals surface area contributed by atoms with E-state index in [4.69, 9.17) is 10.5 Å². The minimum absolute atomic E-state index is 0.160. The Morgan fingerprint density at radius 3 is 2.43 bits per heavy atom. The summed E-state index contributed by atoms with van der Waals surface area (Å²) in [6, 6.07) is 7.99. The molecule has 0 bridgehead atoms. The van der Waals surface area contributed by atoms with E-state index in [2.05, 4.69) is 11.4 Å². The molecule has 0 aliphatic rings. The Morgan fingerprint density at radius 1 is 1.29 bits per heavy atom. The number of hydrogen-bond donors (Lipinski definition) is 2. The third kappa shape index (κ3) is 5.76. The van der Waals surface area contributed by atoms with Crippen molar-refractivity contribution in [1.29, 1.82) is 0 Å². The van der Waals surface area contributed by atoms with E-state index in [9.17, 15) is 4.79 Å². The molecule has 1 aromatic rings. The topological polar surface area (TPSA) is 64.3 Å². The van der Waals surface area contributed by atoms with Gasteiger partial charge in [0.2, 0.25) is 0 Å². The second-order valence-electron chi connectivity index (χ2n) is 7.24. The Labute approximate surface area is 128 Å². The van der Waals surface area contributed by atoms with Crippen molar-refractivity contribution in [3.05, 3.63) is 35.4 Å². The summed E-state index contributed by atoms with van der Waals surface area (Å²) in [5, 5.41) is 2.80. The number of carbonyl (C=O) groups excluding carboxylic acids is 1. The van der Waals surface area contributed by atoms with E-state index in [-0.39, 0.29) is 11.5 Å². The fraction of sp³-hybridized carbons (Fsp3) is 0.588. The predicted octanol–water partition coefficient (Wildman–Crippen LogP) is 3.55. The van der Waals surface area contributed by atoms with Crippen LogP contribution in [0.15, 0.2) is 24.3 Å². The highest BCUT2D eigenvalue weighted by molar-refractivity contribution is 5.67. The van der Waals surface area contributed by atoms with Crippen LogP contribution in [0.5, 0.6) is 0 Å². The van der Waals surface area contributed by atoms with Crippen LogP contribution >= 0.6 is 0 Å². The molecule has 1 amide bonds. The van der Waals surface area contributed by atoms with Gasteiger partial charge in [0.25, 0.3) is 0 Å². The molecule has 0 fully saturated rings. The molecular formula is C17H28N2O2. The number of nitrogens with two attached hydrogens (primary N) is 1. The first kappa shape index (κ1) is 17.5. The van der Waals surface area contributed by atoms with Crippen molar-refractivity contribution in [2.45, 2.75) is 53.2 Å². The lowest BCUT2D eigenvalue weighted by Crippen LogP contribution is -2.42. The Kier molecular flexibility index (Phi) is 5.40. The molecule has 4 heteroatoms. The van der Waals surface area contributed by atoms with Gasteiger partial charge in [-0.2, -0.15) is 0 Å². The number of alkyl carbamates (subject to hydrolysis) is 1. The molecule has 0 saturated heterocycles. The number of hydrogen-bond acceptors (Lipinski definition) is 3. The normalized spacial score (nSPS) is 13.7. The van der Waals surface area contributed by atoms with Crippen molar-refractivity contribution >= 4 is 6.09 Å². The fourth-order valence-corrected chi connectivity index (χ4v) is 2.04. The molecule has 0 radical (unpaired) electrons. The Hall–Kier alpha value is -1.55. The van der Waals surface area contributed by atoms with E-state index in [1.807, 2.05) is 59.7 Å².